The fraction of sp³-hybridized carbons (Fsp3) is 0.980. The van der Waals surface area contributed by atoms with E-state index in [2.05, 4.69) is 9.84 Å². The molecule has 0 spiro atoms. The largest absolute Gasteiger partial charge is 0.469 e. The fourth-order valence-electron chi connectivity index (χ4n) is 5.39. The average molecular weight is 1200 g/mol. The molecule has 0 saturated heterocycles. The lowest BCUT2D eigenvalue weighted by Gasteiger charge is -2.09. The lowest BCUT2D eigenvalue weighted by Crippen LogP contribution is -2.25. The van der Waals surface area contributed by atoms with E-state index in [4.69, 9.17) is 124 Å². The van der Waals surface area contributed by atoms with Gasteiger partial charge in [0.1, 0.15) is 0 Å². The average Bonchev–Trinajstić information content (AvgIpc) is 3.44. The van der Waals surface area contributed by atoms with Crippen LogP contribution in [0.2, 0.25) is 0 Å². The molecule has 0 heterocycles. The van der Waals surface area contributed by atoms with Crippen LogP contribution in [0.3, 0.4) is 0 Å². The van der Waals surface area contributed by atoms with Crippen LogP contribution in [-0.4, -0.2) is 338 Å². The first-order valence-corrected chi connectivity index (χ1v) is 28.9. The van der Waals surface area contributed by atoms with Gasteiger partial charge in [0.25, 0.3) is 0 Å². The summed E-state index contributed by atoms with van der Waals surface area (Å²) in [6.07, 6.45) is -1.07. The second-order valence-electron chi connectivity index (χ2n) is 15.6. The smallest absolute Gasteiger partial charge is 0.465 e. The predicted octanol–water partition coefficient (Wildman–Crippen LogP) is -0.255. The maximum atomic E-state index is 10.5. The summed E-state index contributed by atoms with van der Waals surface area (Å²) < 4.78 is 140. The normalized spacial score (nSPS) is 11.9. The van der Waals surface area contributed by atoms with Gasteiger partial charge in [-0.05, 0) is 0 Å². The third-order valence-corrected chi connectivity index (χ3v) is 9.71. The van der Waals surface area contributed by atoms with E-state index in [1.54, 1.807) is 0 Å². The van der Waals surface area contributed by atoms with Crippen LogP contribution in [0.1, 0.15) is 0 Å². The second-order valence-corrected chi connectivity index (χ2v) is 16.9. The van der Waals surface area contributed by atoms with Gasteiger partial charge in [-0.1, -0.05) is 0 Å². The van der Waals surface area contributed by atoms with Crippen molar-refractivity contribution in [2.45, 2.75) is 0 Å². The summed E-state index contributed by atoms with van der Waals surface area (Å²) in [4.78, 5) is 27.4. The molecule has 480 valence electrons. The van der Waals surface area contributed by atoms with Gasteiger partial charge in [0.15, 0.2) is 0 Å². The van der Waals surface area contributed by atoms with Crippen LogP contribution in [0.4, 0.5) is 4.79 Å². The Labute approximate surface area is 473 Å². The third-order valence-electron chi connectivity index (χ3n) is 9.19. The molecular formula is C49H100NO29P. The number of carbonyl (C=O) groups is 1. The highest BCUT2D eigenvalue weighted by Gasteiger charge is 2.12. The van der Waals surface area contributed by atoms with Crippen molar-refractivity contribution in [3.63, 3.8) is 0 Å². The molecule has 1 amide bonds. The van der Waals surface area contributed by atoms with Gasteiger partial charge in [0, 0.05) is 6.54 Å². The van der Waals surface area contributed by atoms with Crippen LogP contribution in [-0.2, 0) is 118 Å². The highest BCUT2D eigenvalue weighted by atomic mass is 31.2. The highest BCUT2D eigenvalue weighted by Crippen LogP contribution is 2.35. The summed E-state index contributed by atoms with van der Waals surface area (Å²) in [5.41, 5.74) is 0. The number of amides is 1. The molecule has 0 saturated carbocycles. The topological polar surface area (TPSA) is 328 Å². The number of phosphoric acid groups is 1. The third kappa shape index (κ3) is 76.5. The summed E-state index contributed by atoms with van der Waals surface area (Å²) in [5, 5.41) is 10.7. The molecule has 0 aromatic rings. The summed E-state index contributed by atoms with van der Waals surface area (Å²) in [7, 11) is -4.45. The van der Waals surface area contributed by atoms with Gasteiger partial charge in [-0.15, -0.1) is 0 Å². The summed E-state index contributed by atoms with van der Waals surface area (Å²) in [5.74, 6) is 0. The minimum absolute atomic E-state index is 0.0678. The van der Waals surface area contributed by atoms with Crippen LogP contribution >= 0.6 is 7.82 Å². The van der Waals surface area contributed by atoms with E-state index in [0.29, 0.717) is 291 Å². The molecule has 0 fully saturated rings. The molecule has 0 atom stereocenters. The van der Waals surface area contributed by atoms with Crippen molar-refractivity contribution in [3.8, 4) is 0 Å². The maximum absolute atomic E-state index is 10.5. The van der Waals surface area contributed by atoms with Crippen molar-refractivity contribution in [3.05, 3.63) is 0 Å². The van der Waals surface area contributed by atoms with E-state index in [1.807, 2.05) is 0 Å². The van der Waals surface area contributed by atoms with Crippen LogP contribution in [0.25, 0.3) is 0 Å². The van der Waals surface area contributed by atoms with E-state index < -0.39 is 13.9 Å². The van der Waals surface area contributed by atoms with Crippen LogP contribution in [0, 0.1) is 0 Å². The Morgan fingerprint density at radius 1 is 0.225 bits per heavy atom. The van der Waals surface area contributed by atoms with Crippen LogP contribution in [0.15, 0.2) is 0 Å². The molecule has 0 aromatic heterocycles. The molecule has 0 aliphatic carbocycles. The Kier molecular flexibility index (Phi) is 68.6. The minimum atomic E-state index is -4.45. The maximum Gasteiger partial charge on any atom is 0.469 e. The van der Waals surface area contributed by atoms with Gasteiger partial charge in [0.05, 0.1) is 311 Å². The molecule has 0 bridgehead atoms. The van der Waals surface area contributed by atoms with E-state index in [1.165, 1.54) is 0 Å². The predicted molar refractivity (Wildman–Crippen MR) is 283 cm³/mol. The van der Waals surface area contributed by atoms with Gasteiger partial charge in [-0.2, -0.15) is 0 Å². The molecular weight excluding hydrogens is 1100 g/mol. The zero-order chi connectivity index (χ0) is 57.7. The summed E-state index contributed by atoms with van der Waals surface area (Å²) >= 11 is 0. The first kappa shape index (κ1) is 78.5. The van der Waals surface area contributed by atoms with Crippen molar-refractivity contribution in [2.24, 2.45) is 0 Å². The molecule has 30 nitrogen and oxygen atoms in total. The van der Waals surface area contributed by atoms with Crippen molar-refractivity contribution >= 4 is 13.9 Å². The van der Waals surface area contributed by atoms with Gasteiger partial charge in [-0.3, -0.25) is 4.52 Å². The van der Waals surface area contributed by atoms with Crippen molar-refractivity contribution in [1.82, 2.24) is 5.32 Å². The van der Waals surface area contributed by atoms with Crippen molar-refractivity contribution in [1.29, 1.82) is 0 Å². The summed E-state index contributed by atoms with van der Waals surface area (Å²) in [6.45, 7) is 20.4. The van der Waals surface area contributed by atoms with Gasteiger partial charge in [-0.25, -0.2) is 9.36 Å². The molecule has 0 rings (SSSR count). The fourth-order valence-corrected chi connectivity index (χ4v) is 5.70. The summed E-state index contributed by atoms with van der Waals surface area (Å²) in [6, 6.07) is 0. The number of hydrogen-bond acceptors (Lipinski definition) is 26. The van der Waals surface area contributed by atoms with E-state index >= 15 is 0 Å². The first-order chi connectivity index (χ1) is 39.4. The quantitative estimate of drug-likeness (QED) is 0.0450. The van der Waals surface area contributed by atoms with E-state index in [9.17, 15) is 9.36 Å². The molecule has 0 radical (unpaired) electrons. The Balaban J connectivity index is 3.09. The van der Waals surface area contributed by atoms with Gasteiger partial charge < -0.3 is 129 Å². The van der Waals surface area contributed by atoms with Crippen LogP contribution < -0.4 is 5.32 Å². The molecule has 80 heavy (non-hydrogen) atoms. The number of ether oxygens (including phenoxy) is 23. The Hall–Kier alpha value is -1.54. The molecule has 0 aliphatic rings. The van der Waals surface area contributed by atoms with Crippen molar-refractivity contribution < 1.29 is 138 Å². The number of rotatable bonds is 73. The first-order valence-electron chi connectivity index (χ1n) is 27.4. The van der Waals surface area contributed by atoms with Gasteiger partial charge in [0.2, 0.25) is 0 Å². The molecule has 0 aliphatic heterocycles. The van der Waals surface area contributed by atoms with Crippen molar-refractivity contribution in [2.75, 3.05) is 317 Å². The number of hydrogen-bond donors (Lipinski definition) is 4. The minimum Gasteiger partial charge on any atom is -0.465 e. The Morgan fingerprint density at radius 3 is 0.450 bits per heavy atom. The van der Waals surface area contributed by atoms with E-state index in [0.717, 1.165) is 0 Å². The number of carboxylic acid groups (broad SMARTS) is 1. The monoisotopic (exact) mass is 1200 g/mol. The van der Waals surface area contributed by atoms with E-state index in [-0.39, 0.29) is 26.4 Å². The molecule has 4 N–H and O–H groups in total. The Bertz CT molecular complexity index is 1230. The SMILES string of the molecule is O=C(O)NCCOCCOCCOCCOCCOCCOCCOCCOCCOCCOCCOCCOCCOCCOCCOCCOCCOCCOCCOCCOCCOCCOCCOCCOP(=O)(O)O. The standard InChI is InChI=1S/C49H100NO29P/c51-49(52)50-1-2-56-3-4-57-5-6-58-7-8-59-9-10-60-11-12-61-13-14-62-15-16-63-17-18-64-19-20-65-21-22-66-23-24-67-25-26-68-27-28-69-29-30-70-31-32-71-33-34-72-35-36-73-37-38-74-39-40-75-41-42-76-43-44-77-45-46-78-47-48-79-80(53,54)55/h50H,1-48H2,(H,51,52)(H2,53,54,55). The second kappa shape index (κ2) is 69.9. The Morgan fingerprint density at radius 2 is 0.338 bits per heavy atom. The lowest BCUT2D eigenvalue weighted by atomic mass is 10.6. The molecule has 0 aromatic carbocycles. The number of phosphoric ester groups is 1. The molecule has 31 heteroatoms. The highest BCUT2D eigenvalue weighted by molar-refractivity contribution is 7.46. The van der Waals surface area contributed by atoms with Gasteiger partial charge >= 0.3 is 13.9 Å². The van der Waals surface area contributed by atoms with Crippen LogP contribution in [0.5, 0.6) is 0 Å². The zero-order valence-electron chi connectivity index (χ0n) is 47.3. The zero-order valence-corrected chi connectivity index (χ0v) is 48.2. The molecule has 0 unspecified atom stereocenters. The number of nitrogens with one attached hydrogen (secondary N) is 1. The lowest BCUT2D eigenvalue weighted by molar-refractivity contribution is -0.0319.